The fourth-order valence-electron chi connectivity index (χ4n) is 3.67. The van der Waals surface area contributed by atoms with Gasteiger partial charge in [0.1, 0.15) is 12.6 Å². The molecule has 0 radical (unpaired) electrons. The van der Waals surface area contributed by atoms with Crippen LogP contribution in [-0.2, 0) is 25.2 Å². The van der Waals surface area contributed by atoms with Gasteiger partial charge >= 0.3 is 5.97 Å². The number of carboxylic acid groups (broad SMARTS) is 1. The first-order valence-electron chi connectivity index (χ1n) is 8.01. The lowest BCUT2D eigenvalue weighted by Crippen LogP contribution is -2.64. The van der Waals surface area contributed by atoms with Crippen molar-refractivity contribution in [1.29, 1.82) is 0 Å². The van der Waals surface area contributed by atoms with Gasteiger partial charge in [-0.25, -0.2) is 4.79 Å². The van der Waals surface area contributed by atoms with Gasteiger partial charge in [0.25, 0.3) is 5.91 Å². The number of carbonyl (C=O) groups excluding carboxylic acids is 1. The molecule has 1 saturated carbocycles. The van der Waals surface area contributed by atoms with Gasteiger partial charge in [-0.1, -0.05) is 24.4 Å². The fourth-order valence-corrected chi connectivity index (χ4v) is 5.45. The van der Waals surface area contributed by atoms with Crippen LogP contribution >= 0.6 is 0 Å². The van der Waals surface area contributed by atoms with Gasteiger partial charge in [-0.3, -0.25) is 9.00 Å². The second-order valence-electron chi connectivity index (χ2n) is 6.98. The molecule has 0 bridgehead atoms. The molecule has 8 heteroatoms. The topological polar surface area (TPSA) is 96.3 Å². The maximum Gasteiger partial charge on any atom is 0.328 e. The molecular weight excluding hydrogens is 320 g/mol. The summed E-state index contributed by atoms with van der Waals surface area (Å²) < 4.78 is 11.5. The number of fused-ring (bicyclic) bond motifs is 1. The lowest BCUT2D eigenvalue weighted by Gasteiger charge is -2.36. The number of oxime groups is 1. The minimum Gasteiger partial charge on any atom is -0.480 e. The number of carboxylic acids is 1. The molecule has 3 aliphatic rings. The van der Waals surface area contributed by atoms with Crippen LogP contribution in [-0.4, -0.2) is 54.6 Å². The van der Waals surface area contributed by atoms with Gasteiger partial charge in [0, 0.05) is 0 Å². The van der Waals surface area contributed by atoms with Crippen molar-refractivity contribution in [3.8, 4) is 0 Å². The first-order chi connectivity index (χ1) is 10.9. The van der Waals surface area contributed by atoms with Gasteiger partial charge in [0.15, 0.2) is 11.1 Å². The Morgan fingerprint density at radius 3 is 2.65 bits per heavy atom. The molecule has 1 unspecified atom stereocenters. The molecule has 0 aromatic rings. The van der Waals surface area contributed by atoms with Gasteiger partial charge in [0.05, 0.1) is 15.5 Å². The van der Waals surface area contributed by atoms with Crippen molar-refractivity contribution in [3.05, 3.63) is 0 Å². The number of carbonyl (C=O) groups is 2. The Morgan fingerprint density at radius 1 is 1.39 bits per heavy atom. The predicted molar refractivity (Wildman–Crippen MR) is 84.2 cm³/mol. The van der Waals surface area contributed by atoms with E-state index in [9.17, 15) is 18.9 Å². The summed E-state index contributed by atoms with van der Waals surface area (Å²) >= 11 is 0. The first kappa shape index (κ1) is 16.4. The van der Waals surface area contributed by atoms with E-state index in [0.717, 1.165) is 12.8 Å². The number of amides is 1. The van der Waals surface area contributed by atoms with Crippen LogP contribution in [0.4, 0.5) is 0 Å². The van der Waals surface area contributed by atoms with Crippen LogP contribution in [0.5, 0.6) is 0 Å². The maximum atomic E-state index is 12.5. The number of aliphatic carboxylic acids is 1. The second-order valence-corrected chi connectivity index (χ2v) is 9.08. The molecule has 1 aliphatic carbocycles. The van der Waals surface area contributed by atoms with Crippen LogP contribution in [0.15, 0.2) is 5.16 Å². The molecule has 2 aliphatic heterocycles. The molecule has 3 fully saturated rings. The van der Waals surface area contributed by atoms with E-state index in [-0.39, 0.29) is 5.71 Å². The highest BCUT2D eigenvalue weighted by atomic mass is 32.2. The minimum atomic E-state index is -1.52. The van der Waals surface area contributed by atoms with E-state index in [1.807, 2.05) is 0 Å². The number of rotatable bonds is 4. The highest BCUT2D eigenvalue weighted by molar-refractivity contribution is 7.88. The molecular formula is C15H22N2O5S. The van der Waals surface area contributed by atoms with Crippen molar-refractivity contribution in [3.63, 3.8) is 0 Å². The molecule has 7 nitrogen and oxygen atoms in total. The van der Waals surface area contributed by atoms with Crippen molar-refractivity contribution in [2.75, 3.05) is 6.61 Å². The summed E-state index contributed by atoms with van der Waals surface area (Å²) in [6, 6.07) is -1.09. The number of hydrogen-bond acceptors (Lipinski definition) is 5. The van der Waals surface area contributed by atoms with Crippen molar-refractivity contribution < 1.29 is 23.7 Å². The summed E-state index contributed by atoms with van der Waals surface area (Å²) in [5, 5.41) is 12.5. The van der Waals surface area contributed by atoms with Crippen LogP contribution in [0.1, 0.15) is 46.0 Å². The Bertz CT molecular complexity index is 582. The summed E-state index contributed by atoms with van der Waals surface area (Å²) in [7, 11) is -1.52. The smallest absolute Gasteiger partial charge is 0.328 e. The first-order valence-corrected chi connectivity index (χ1v) is 9.23. The molecule has 0 aromatic heterocycles. The maximum absolute atomic E-state index is 12.5. The highest BCUT2D eigenvalue weighted by Crippen LogP contribution is 2.42. The highest BCUT2D eigenvalue weighted by Gasteiger charge is 2.67. The monoisotopic (exact) mass is 342 g/mol. The molecule has 2 heterocycles. The van der Waals surface area contributed by atoms with Crippen LogP contribution in [0.25, 0.3) is 0 Å². The van der Waals surface area contributed by atoms with E-state index in [2.05, 4.69) is 5.16 Å². The zero-order chi connectivity index (χ0) is 16.8. The number of hydrogen-bond donors (Lipinski definition) is 1. The standard InChI is InChI=1S/C15H22N2O5S/c1-15(2)11(14(19)20)17-12(18)10(13(17)23(15)21)16-22-8-9-6-4-3-5-7-9/h9,11,13H,3-8H2,1-2H3,(H,19,20)/b16-10-/t11-,13+,23?/m0/s1. The lowest BCUT2D eigenvalue weighted by molar-refractivity contribution is -0.150. The van der Waals surface area contributed by atoms with Gasteiger partial charge in [-0.15, -0.1) is 0 Å². The molecule has 1 amide bonds. The van der Waals surface area contributed by atoms with E-state index < -0.39 is 38.8 Å². The Balaban J connectivity index is 1.69. The Morgan fingerprint density at radius 2 is 2.04 bits per heavy atom. The van der Waals surface area contributed by atoms with Gasteiger partial charge in [-0.2, -0.15) is 0 Å². The average Bonchev–Trinajstić information content (AvgIpc) is 2.70. The van der Waals surface area contributed by atoms with Crippen molar-refractivity contribution in [2.24, 2.45) is 11.1 Å². The summed E-state index contributed by atoms with van der Waals surface area (Å²) in [5.41, 5.74) is 0.0935. The summed E-state index contributed by atoms with van der Waals surface area (Å²) in [6.45, 7) is 3.67. The number of nitrogens with zero attached hydrogens (tertiary/aromatic N) is 2. The van der Waals surface area contributed by atoms with Crippen LogP contribution < -0.4 is 0 Å². The van der Waals surface area contributed by atoms with Gasteiger partial charge in [-0.05, 0) is 32.6 Å². The largest absolute Gasteiger partial charge is 0.480 e. The van der Waals surface area contributed by atoms with Crippen LogP contribution in [0.3, 0.4) is 0 Å². The van der Waals surface area contributed by atoms with E-state index in [1.165, 1.54) is 24.2 Å². The number of β-lactam (4-membered cyclic amide) rings is 1. The molecule has 3 atom stereocenters. The van der Waals surface area contributed by atoms with E-state index in [0.29, 0.717) is 12.5 Å². The molecule has 128 valence electrons. The van der Waals surface area contributed by atoms with E-state index >= 15 is 0 Å². The van der Waals surface area contributed by atoms with Gasteiger partial charge < -0.3 is 14.8 Å². The van der Waals surface area contributed by atoms with Crippen molar-refractivity contribution in [2.45, 2.75) is 62.1 Å². The minimum absolute atomic E-state index is 0.0935. The fraction of sp³-hybridized carbons (Fsp3) is 0.800. The molecule has 0 spiro atoms. The van der Waals surface area contributed by atoms with Crippen LogP contribution in [0, 0.1) is 5.92 Å². The molecule has 23 heavy (non-hydrogen) atoms. The lowest BCUT2D eigenvalue weighted by atomic mass is 9.90. The zero-order valence-electron chi connectivity index (χ0n) is 13.4. The Kier molecular flexibility index (Phi) is 4.20. The van der Waals surface area contributed by atoms with Crippen LogP contribution in [0.2, 0.25) is 0 Å². The van der Waals surface area contributed by atoms with E-state index in [4.69, 9.17) is 4.84 Å². The molecule has 0 aromatic carbocycles. The normalized spacial score (nSPS) is 35.0. The third-order valence-electron chi connectivity index (χ3n) is 5.03. The van der Waals surface area contributed by atoms with E-state index in [1.54, 1.807) is 13.8 Å². The Hall–Kier alpha value is -1.44. The third-order valence-corrected chi connectivity index (χ3v) is 7.15. The molecule has 2 saturated heterocycles. The Labute approximate surface area is 137 Å². The summed E-state index contributed by atoms with van der Waals surface area (Å²) in [4.78, 5) is 30.1. The average molecular weight is 342 g/mol. The molecule has 3 rings (SSSR count). The van der Waals surface area contributed by atoms with Crippen molar-refractivity contribution in [1.82, 2.24) is 4.90 Å². The predicted octanol–water partition coefficient (Wildman–Crippen LogP) is 1.10. The second kappa shape index (κ2) is 5.89. The SMILES string of the molecule is CC1(C)[C@H](C(=O)O)N2C(=O)/C(=N/OCC3CCCCC3)[C@H]2S1=O. The quantitative estimate of drug-likeness (QED) is 0.610. The third kappa shape index (κ3) is 2.56. The van der Waals surface area contributed by atoms with Crippen molar-refractivity contribution >= 4 is 28.4 Å². The zero-order valence-corrected chi connectivity index (χ0v) is 14.2. The summed E-state index contributed by atoms with van der Waals surface area (Å²) in [5.74, 6) is -1.16. The molecule has 1 N–H and O–H groups in total. The summed E-state index contributed by atoms with van der Waals surface area (Å²) in [6.07, 6.45) is 5.85. The van der Waals surface area contributed by atoms with Gasteiger partial charge in [0.2, 0.25) is 0 Å².